The highest BCUT2D eigenvalue weighted by molar-refractivity contribution is 5.92. The van der Waals surface area contributed by atoms with Crippen molar-refractivity contribution in [3.63, 3.8) is 0 Å². The van der Waals surface area contributed by atoms with Crippen molar-refractivity contribution in [2.24, 2.45) is 0 Å². The van der Waals surface area contributed by atoms with Gasteiger partial charge >= 0.3 is 23.9 Å². The lowest BCUT2D eigenvalue weighted by Crippen LogP contribution is -2.20. The lowest BCUT2D eigenvalue weighted by Gasteiger charge is -2.11. The zero-order valence-electron chi connectivity index (χ0n) is 11.2. The third-order valence-electron chi connectivity index (χ3n) is 1.68. The zero-order chi connectivity index (χ0) is 15.5. The van der Waals surface area contributed by atoms with E-state index in [1.807, 2.05) is 0 Å². The van der Waals surface area contributed by atoms with Crippen molar-refractivity contribution in [1.82, 2.24) is 0 Å². The zero-order valence-corrected chi connectivity index (χ0v) is 11.2. The average molecular weight is 286 g/mol. The third-order valence-corrected chi connectivity index (χ3v) is 1.68. The highest BCUT2D eigenvalue weighted by atomic mass is 16.7. The molecule has 0 radical (unpaired) electrons. The molecular weight excluding hydrogens is 272 g/mol. The van der Waals surface area contributed by atoms with Crippen LogP contribution in [0.5, 0.6) is 0 Å². The van der Waals surface area contributed by atoms with Crippen molar-refractivity contribution in [2.75, 3.05) is 14.2 Å². The first-order chi connectivity index (χ1) is 9.38. The van der Waals surface area contributed by atoms with Gasteiger partial charge in [0.1, 0.15) is 0 Å². The second kappa shape index (κ2) is 9.31. The Balaban J connectivity index is 4.19. The van der Waals surface area contributed by atoms with Gasteiger partial charge in [-0.15, -0.1) is 0 Å². The van der Waals surface area contributed by atoms with E-state index in [1.165, 1.54) is 6.92 Å². The summed E-state index contributed by atoms with van der Waals surface area (Å²) in [6, 6.07) is 0. The Bertz CT molecular complexity index is 395. The molecule has 0 saturated carbocycles. The molecule has 0 bridgehead atoms. The Morgan fingerprint density at radius 2 is 1.00 bits per heavy atom. The molecule has 0 amide bonds. The second-order valence-electron chi connectivity index (χ2n) is 3.15. The predicted octanol–water partition coefficient (Wildman–Crippen LogP) is -0.123. The topological polar surface area (TPSA) is 105 Å². The SMILES string of the molecule is COC(=O)C=CC(=O)OC(C)OC(=O)C=CC(=O)OC. The summed E-state index contributed by atoms with van der Waals surface area (Å²) in [5.74, 6) is -3.25. The van der Waals surface area contributed by atoms with E-state index in [-0.39, 0.29) is 0 Å². The van der Waals surface area contributed by atoms with Gasteiger partial charge in [0.2, 0.25) is 6.29 Å². The summed E-state index contributed by atoms with van der Waals surface area (Å²) in [5.41, 5.74) is 0. The normalized spacial score (nSPS) is 11.9. The first-order valence-electron chi connectivity index (χ1n) is 5.32. The van der Waals surface area contributed by atoms with E-state index in [0.29, 0.717) is 0 Å². The highest BCUT2D eigenvalue weighted by Crippen LogP contribution is 1.97. The molecule has 0 aromatic rings. The number of carbonyl (C=O) groups is 4. The molecule has 0 heterocycles. The summed E-state index contributed by atoms with van der Waals surface area (Å²) in [7, 11) is 2.30. The maximum Gasteiger partial charge on any atom is 0.334 e. The number of hydrogen-bond acceptors (Lipinski definition) is 8. The van der Waals surface area contributed by atoms with Crippen molar-refractivity contribution >= 4 is 23.9 Å². The van der Waals surface area contributed by atoms with Crippen molar-refractivity contribution in [3.05, 3.63) is 24.3 Å². The molecule has 0 aliphatic rings. The molecule has 0 aromatic heterocycles. The summed E-state index contributed by atoms with van der Waals surface area (Å²) >= 11 is 0. The van der Waals surface area contributed by atoms with Crippen LogP contribution in [0.3, 0.4) is 0 Å². The van der Waals surface area contributed by atoms with E-state index in [9.17, 15) is 19.2 Å². The molecule has 0 N–H and O–H groups in total. The monoisotopic (exact) mass is 286 g/mol. The van der Waals surface area contributed by atoms with E-state index in [0.717, 1.165) is 38.5 Å². The van der Waals surface area contributed by atoms with Crippen molar-refractivity contribution in [1.29, 1.82) is 0 Å². The summed E-state index contributed by atoms with van der Waals surface area (Å²) in [4.78, 5) is 43.7. The molecule has 0 aliphatic heterocycles. The molecule has 110 valence electrons. The van der Waals surface area contributed by atoms with Gasteiger partial charge in [-0.2, -0.15) is 0 Å². The van der Waals surface area contributed by atoms with E-state index in [4.69, 9.17) is 0 Å². The largest absolute Gasteiger partial charge is 0.466 e. The van der Waals surface area contributed by atoms with Gasteiger partial charge in [0, 0.05) is 31.2 Å². The van der Waals surface area contributed by atoms with Crippen LogP contribution in [0, 0.1) is 0 Å². The van der Waals surface area contributed by atoms with E-state index in [2.05, 4.69) is 18.9 Å². The standard InChI is InChI=1S/C12H14O8/c1-8(19-11(15)6-4-9(13)17-2)20-12(16)7-5-10(14)18-3/h4-8H,1-3H3. The molecule has 0 rings (SSSR count). The molecule has 0 atom stereocenters. The minimum absolute atomic E-state index is 0.729. The van der Waals surface area contributed by atoms with E-state index >= 15 is 0 Å². The lowest BCUT2D eigenvalue weighted by atomic mass is 10.5. The Labute approximate surface area is 114 Å². The maximum atomic E-state index is 11.2. The quantitative estimate of drug-likeness (QED) is 0.288. The molecule has 0 fully saturated rings. The molecule has 0 aromatic carbocycles. The Kier molecular flexibility index (Phi) is 8.08. The van der Waals surface area contributed by atoms with Gasteiger partial charge in [-0.3, -0.25) is 0 Å². The lowest BCUT2D eigenvalue weighted by molar-refractivity contribution is -0.177. The second-order valence-corrected chi connectivity index (χ2v) is 3.15. The Morgan fingerprint density at radius 3 is 1.30 bits per heavy atom. The minimum atomic E-state index is -1.19. The van der Waals surface area contributed by atoms with Gasteiger partial charge < -0.3 is 18.9 Å². The van der Waals surface area contributed by atoms with Crippen LogP contribution in [0.2, 0.25) is 0 Å². The number of carbonyl (C=O) groups excluding carboxylic acids is 4. The summed E-state index contributed by atoms with van der Waals surface area (Å²) in [6.45, 7) is 1.29. The minimum Gasteiger partial charge on any atom is -0.466 e. The third kappa shape index (κ3) is 8.45. The van der Waals surface area contributed by atoms with Gasteiger partial charge in [-0.1, -0.05) is 0 Å². The molecule has 8 nitrogen and oxygen atoms in total. The Hall–Kier alpha value is -2.64. The van der Waals surface area contributed by atoms with E-state index < -0.39 is 30.2 Å². The number of ether oxygens (including phenoxy) is 4. The predicted molar refractivity (Wildman–Crippen MR) is 64.0 cm³/mol. The van der Waals surface area contributed by atoms with Crippen LogP contribution < -0.4 is 0 Å². The molecule has 0 unspecified atom stereocenters. The van der Waals surface area contributed by atoms with Crippen LogP contribution in [0.4, 0.5) is 0 Å². The van der Waals surface area contributed by atoms with Crippen molar-refractivity contribution in [3.8, 4) is 0 Å². The molecule has 0 saturated heterocycles. The van der Waals surface area contributed by atoms with Crippen LogP contribution in [-0.4, -0.2) is 44.4 Å². The fraction of sp³-hybridized carbons (Fsp3) is 0.333. The van der Waals surface area contributed by atoms with Crippen molar-refractivity contribution < 1.29 is 38.1 Å². The number of methoxy groups -OCH3 is 2. The molecule has 20 heavy (non-hydrogen) atoms. The van der Waals surface area contributed by atoms with Crippen LogP contribution >= 0.6 is 0 Å². The van der Waals surface area contributed by atoms with Gasteiger partial charge in [0.25, 0.3) is 0 Å². The first-order valence-corrected chi connectivity index (χ1v) is 5.32. The van der Waals surface area contributed by atoms with Crippen LogP contribution in [0.25, 0.3) is 0 Å². The van der Waals surface area contributed by atoms with E-state index in [1.54, 1.807) is 0 Å². The van der Waals surface area contributed by atoms with Gasteiger partial charge in [-0.25, -0.2) is 19.2 Å². The number of rotatable bonds is 6. The molecule has 8 heteroatoms. The van der Waals surface area contributed by atoms with Gasteiger partial charge in [-0.05, 0) is 0 Å². The summed E-state index contributed by atoms with van der Waals surface area (Å²) in [6.07, 6.45) is 2.16. The fourth-order valence-electron chi connectivity index (χ4n) is 0.838. The average Bonchev–Trinajstić information content (AvgIpc) is 2.41. The number of esters is 4. The van der Waals surface area contributed by atoms with Crippen molar-refractivity contribution in [2.45, 2.75) is 13.2 Å². The molecular formula is C12H14O8. The summed E-state index contributed by atoms with van der Waals surface area (Å²) < 4.78 is 17.8. The first kappa shape index (κ1) is 17.4. The van der Waals surface area contributed by atoms with Gasteiger partial charge in [0.15, 0.2) is 0 Å². The van der Waals surface area contributed by atoms with Crippen LogP contribution in [-0.2, 0) is 38.1 Å². The molecule has 0 spiro atoms. The van der Waals surface area contributed by atoms with Crippen LogP contribution in [0.1, 0.15) is 6.92 Å². The number of hydrogen-bond donors (Lipinski definition) is 0. The summed E-state index contributed by atoms with van der Waals surface area (Å²) in [5, 5.41) is 0. The fourth-order valence-corrected chi connectivity index (χ4v) is 0.838. The van der Waals surface area contributed by atoms with Crippen LogP contribution in [0.15, 0.2) is 24.3 Å². The maximum absolute atomic E-state index is 11.2. The molecule has 0 aliphatic carbocycles. The Morgan fingerprint density at radius 1 is 0.700 bits per heavy atom. The highest BCUT2D eigenvalue weighted by Gasteiger charge is 2.11. The smallest absolute Gasteiger partial charge is 0.334 e. The van der Waals surface area contributed by atoms with Gasteiger partial charge in [0.05, 0.1) is 14.2 Å².